The second kappa shape index (κ2) is 6.19. The third-order valence-corrected chi connectivity index (χ3v) is 4.85. The zero-order valence-electron chi connectivity index (χ0n) is 12.4. The zero-order valence-corrected chi connectivity index (χ0v) is 13.2. The van der Waals surface area contributed by atoms with Crippen LogP contribution in [0.4, 0.5) is 0 Å². The van der Waals surface area contributed by atoms with Crippen LogP contribution < -0.4 is 0 Å². The van der Waals surface area contributed by atoms with E-state index in [1.54, 1.807) is 23.7 Å². The molecule has 1 saturated heterocycles. The van der Waals surface area contributed by atoms with Gasteiger partial charge in [-0.15, -0.1) is 11.3 Å². The summed E-state index contributed by atoms with van der Waals surface area (Å²) in [6.45, 7) is 1.40. The van der Waals surface area contributed by atoms with Crippen LogP contribution in [-0.4, -0.2) is 37.8 Å². The van der Waals surface area contributed by atoms with Gasteiger partial charge in [-0.05, 0) is 30.0 Å². The molecule has 1 aliphatic heterocycles. The van der Waals surface area contributed by atoms with Crippen molar-refractivity contribution in [3.05, 3.63) is 52.8 Å². The van der Waals surface area contributed by atoms with Crippen LogP contribution in [0.25, 0.3) is 11.4 Å². The molecule has 0 amide bonds. The molecule has 0 radical (unpaired) electrons. The molecule has 1 N–H and O–H groups in total. The Hall–Kier alpha value is -2.09. The SMILES string of the molecule is O[C@@H]1C[C@@H](c2nc(-c3ccncc3)no2)N(Cc2cccs2)C1. The molecule has 1 fully saturated rings. The molecule has 3 aromatic heterocycles. The summed E-state index contributed by atoms with van der Waals surface area (Å²) in [4.78, 5) is 12.0. The van der Waals surface area contributed by atoms with Crippen molar-refractivity contribution in [2.24, 2.45) is 0 Å². The Morgan fingerprint density at radius 3 is 2.96 bits per heavy atom. The first kappa shape index (κ1) is 14.5. The van der Waals surface area contributed by atoms with Gasteiger partial charge in [0.1, 0.15) is 0 Å². The van der Waals surface area contributed by atoms with E-state index in [1.807, 2.05) is 18.2 Å². The van der Waals surface area contributed by atoms with Crippen molar-refractivity contribution in [3.63, 3.8) is 0 Å². The highest BCUT2D eigenvalue weighted by Gasteiger charge is 2.36. The number of nitrogens with zero attached hydrogens (tertiary/aromatic N) is 4. The van der Waals surface area contributed by atoms with E-state index in [9.17, 15) is 5.11 Å². The average Bonchev–Trinajstić information content (AvgIpc) is 3.30. The second-order valence-corrected chi connectivity index (χ2v) is 6.64. The molecule has 23 heavy (non-hydrogen) atoms. The fourth-order valence-electron chi connectivity index (χ4n) is 2.90. The fraction of sp³-hybridized carbons (Fsp3) is 0.312. The third kappa shape index (κ3) is 3.03. The second-order valence-electron chi connectivity index (χ2n) is 5.61. The standard InChI is InChI=1S/C16H16N4O2S/c21-12-8-14(20(9-12)10-13-2-1-7-23-13)16-18-15(19-22-16)11-3-5-17-6-4-11/h1-7,12,14,21H,8-10H2/t12-,14+/m1/s1. The van der Waals surface area contributed by atoms with Gasteiger partial charge in [-0.2, -0.15) is 4.98 Å². The first-order valence-corrected chi connectivity index (χ1v) is 8.36. The molecule has 7 heteroatoms. The van der Waals surface area contributed by atoms with E-state index in [2.05, 4.69) is 31.5 Å². The minimum absolute atomic E-state index is 0.0461. The maximum atomic E-state index is 10.0. The van der Waals surface area contributed by atoms with Gasteiger partial charge < -0.3 is 9.63 Å². The van der Waals surface area contributed by atoms with Gasteiger partial charge in [-0.1, -0.05) is 11.2 Å². The fourth-order valence-corrected chi connectivity index (χ4v) is 3.63. The predicted octanol–water partition coefficient (Wildman–Crippen LogP) is 2.50. The number of rotatable bonds is 4. The smallest absolute Gasteiger partial charge is 0.244 e. The summed E-state index contributed by atoms with van der Waals surface area (Å²) in [6.07, 6.45) is 3.65. The number of aliphatic hydroxyl groups excluding tert-OH is 1. The lowest BCUT2D eigenvalue weighted by molar-refractivity contribution is 0.170. The number of hydrogen-bond donors (Lipinski definition) is 1. The Kier molecular flexibility index (Phi) is 3.90. The molecule has 1 aliphatic rings. The summed E-state index contributed by atoms with van der Waals surface area (Å²) in [5.74, 6) is 1.12. The number of aliphatic hydroxyl groups is 1. The molecule has 4 heterocycles. The summed E-state index contributed by atoms with van der Waals surface area (Å²) in [5, 5.41) is 16.2. The van der Waals surface area contributed by atoms with Crippen molar-refractivity contribution in [1.29, 1.82) is 0 Å². The van der Waals surface area contributed by atoms with Crippen LogP contribution in [0.1, 0.15) is 23.2 Å². The van der Waals surface area contributed by atoms with Gasteiger partial charge in [0.25, 0.3) is 0 Å². The number of thiophene rings is 1. The molecule has 0 aliphatic carbocycles. The number of pyridine rings is 1. The van der Waals surface area contributed by atoms with Crippen LogP contribution in [0.3, 0.4) is 0 Å². The minimum atomic E-state index is -0.365. The predicted molar refractivity (Wildman–Crippen MR) is 85.6 cm³/mol. The van der Waals surface area contributed by atoms with Crippen molar-refractivity contribution < 1.29 is 9.63 Å². The van der Waals surface area contributed by atoms with Crippen LogP contribution in [0, 0.1) is 0 Å². The van der Waals surface area contributed by atoms with Gasteiger partial charge in [-0.25, -0.2) is 0 Å². The molecule has 0 bridgehead atoms. The monoisotopic (exact) mass is 328 g/mol. The third-order valence-electron chi connectivity index (χ3n) is 3.99. The molecule has 0 unspecified atom stereocenters. The lowest BCUT2D eigenvalue weighted by atomic mass is 10.2. The molecule has 0 spiro atoms. The van der Waals surface area contributed by atoms with Crippen LogP contribution in [0.2, 0.25) is 0 Å². The molecule has 0 aromatic carbocycles. The Bertz CT molecular complexity index is 760. The summed E-state index contributed by atoms with van der Waals surface area (Å²) in [5.41, 5.74) is 0.873. The van der Waals surface area contributed by atoms with E-state index in [0.717, 1.165) is 12.1 Å². The highest BCUT2D eigenvalue weighted by atomic mass is 32.1. The van der Waals surface area contributed by atoms with Crippen molar-refractivity contribution in [3.8, 4) is 11.4 Å². The number of aromatic nitrogens is 3. The van der Waals surface area contributed by atoms with Crippen LogP contribution in [0.5, 0.6) is 0 Å². The molecular formula is C16H16N4O2S. The molecule has 2 atom stereocenters. The topological polar surface area (TPSA) is 75.3 Å². The summed E-state index contributed by atoms with van der Waals surface area (Å²) in [7, 11) is 0. The van der Waals surface area contributed by atoms with Gasteiger partial charge in [0.05, 0.1) is 12.1 Å². The van der Waals surface area contributed by atoms with Gasteiger partial charge in [-0.3, -0.25) is 9.88 Å². The van der Waals surface area contributed by atoms with Crippen LogP contribution in [-0.2, 0) is 6.54 Å². The molecule has 0 saturated carbocycles. The lowest BCUT2D eigenvalue weighted by Gasteiger charge is -2.20. The highest BCUT2D eigenvalue weighted by molar-refractivity contribution is 7.09. The largest absolute Gasteiger partial charge is 0.392 e. The first-order valence-electron chi connectivity index (χ1n) is 7.48. The molecule has 3 aromatic rings. The van der Waals surface area contributed by atoms with Crippen molar-refractivity contribution in [2.45, 2.75) is 25.1 Å². The minimum Gasteiger partial charge on any atom is -0.392 e. The number of β-amino-alcohol motifs (C(OH)–C–C–N with tert-alkyl or cyclic N) is 1. The Morgan fingerprint density at radius 1 is 1.30 bits per heavy atom. The summed E-state index contributed by atoms with van der Waals surface area (Å²) < 4.78 is 5.47. The lowest BCUT2D eigenvalue weighted by Crippen LogP contribution is -2.24. The normalized spacial score (nSPS) is 21.8. The summed E-state index contributed by atoms with van der Waals surface area (Å²) >= 11 is 1.71. The van der Waals surface area contributed by atoms with Crippen molar-refractivity contribution in [1.82, 2.24) is 20.0 Å². The average molecular weight is 328 g/mol. The first-order chi connectivity index (χ1) is 11.3. The summed E-state index contributed by atoms with van der Waals surface area (Å²) in [6, 6.07) is 7.79. The van der Waals surface area contributed by atoms with Gasteiger partial charge in [0.15, 0.2) is 0 Å². The highest BCUT2D eigenvalue weighted by Crippen LogP contribution is 2.34. The maximum absolute atomic E-state index is 10.0. The van der Waals surface area contributed by atoms with Gasteiger partial charge in [0.2, 0.25) is 11.7 Å². The maximum Gasteiger partial charge on any atom is 0.244 e. The Balaban J connectivity index is 1.57. The van der Waals surface area contributed by atoms with E-state index in [4.69, 9.17) is 4.52 Å². The molecule has 118 valence electrons. The molecule has 4 rings (SSSR count). The molecular weight excluding hydrogens is 312 g/mol. The molecule has 6 nitrogen and oxygen atoms in total. The van der Waals surface area contributed by atoms with Gasteiger partial charge in [0, 0.05) is 35.9 Å². The number of hydrogen-bond acceptors (Lipinski definition) is 7. The van der Waals surface area contributed by atoms with E-state index < -0.39 is 0 Å². The van der Waals surface area contributed by atoms with Crippen molar-refractivity contribution >= 4 is 11.3 Å². The Labute approximate surface area is 137 Å². The number of likely N-dealkylation sites (tertiary alicyclic amines) is 1. The van der Waals surface area contributed by atoms with Gasteiger partial charge >= 0.3 is 0 Å². The Morgan fingerprint density at radius 2 is 2.17 bits per heavy atom. The van der Waals surface area contributed by atoms with E-state index in [-0.39, 0.29) is 12.1 Å². The zero-order chi connectivity index (χ0) is 15.6. The van der Waals surface area contributed by atoms with Crippen molar-refractivity contribution in [2.75, 3.05) is 6.54 Å². The van der Waals surface area contributed by atoms with E-state index >= 15 is 0 Å². The van der Waals surface area contributed by atoms with Crippen LogP contribution in [0.15, 0.2) is 46.6 Å². The van der Waals surface area contributed by atoms with E-state index in [0.29, 0.717) is 24.7 Å². The quantitative estimate of drug-likeness (QED) is 0.793. The van der Waals surface area contributed by atoms with Crippen LogP contribution >= 0.6 is 11.3 Å². The van der Waals surface area contributed by atoms with E-state index in [1.165, 1.54) is 4.88 Å².